The fourth-order valence-corrected chi connectivity index (χ4v) is 3.91. The van der Waals surface area contributed by atoms with Gasteiger partial charge in [-0.15, -0.1) is 0 Å². The molecule has 0 bridgehead atoms. The Labute approximate surface area is 234 Å². The molecule has 0 aliphatic carbocycles. The van der Waals surface area contributed by atoms with E-state index in [9.17, 15) is 22.8 Å². The Bertz CT molecular complexity index is 1200. The van der Waals surface area contributed by atoms with Crippen LogP contribution in [0, 0.1) is 0 Å². The van der Waals surface area contributed by atoms with E-state index in [1.165, 1.54) is 18.2 Å². The van der Waals surface area contributed by atoms with Gasteiger partial charge in [-0.25, -0.2) is 5.01 Å². The highest BCUT2D eigenvalue weighted by atomic mass is 19.4. The van der Waals surface area contributed by atoms with Gasteiger partial charge < -0.3 is 33.7 Å². The Morgan fingerprint density at radius 1 is 0.780 bits per heavy atom. The van der Waals surface area contributed by atoms with Crippen molar-refractivity contribution in [2.45, 2.75) is 12.2 Å². The number of hydrazone groups is 1. The smallest absolute Gasteiger partial charge is 0.473 e. The molecule has 11 nitrogen and oxygen atoms in total. The van der Waals surface area contributed by atoms with Crippen molar-refractivity contribution in [3.05, 3.63) is 59.7 Å². The third-order valence-corrected chi connectivity index (χ3v) is 5.81. The minimum atomic E-state index is -5.28. The topological polar surface area (TPSA) is 117 Å². The summed E-state index contributed by atoms with van der Waals surface area (Å²) in [6.45, 7) is 2.87. The number of hydrogen-bond acceptors (Lipinski definition) is 9. The molecule has 0 spiro atoms. The number of carbonyl (C=O) groups is 2. The molecule has 2 aromatic carbocycles. The largest absolute Gasteiger partial charge is 0.487 e. The van der Waals surface area contributed by atoms with Crippen molar-refractivity contribution < 1.29 is 51.2 Å². The van der Waals surface area contributed by atoms with Crippen LogP contribution in [0.2, 0.25) is 0 Å². The average molecular weight is 582 g/mol. The van der Waals surface area contributed by atoms with Crippen LogP contribution in [0.3, 0.4) is 0 Å². The van der Waals surface area contributed by atoms with Gasteiger partial charge in [0.05, 0.1) is 52.9 Å². The molecule has 2 amide bonds. The van der Waals surface area contributed by atoms with Gasteiger partial charge in [0.1, 0.15) is 13.2 Å². The number of carbonyl (C=O) groups excluding carboxylic acids is 2. The summed E-state index contributed by atoms with van der Waals surface area (Å²) in [7, 11) is 0. The molecular formula is C27H30F3N3O8. The van der Waals surface area contributed by atoms with Crippen molar-refractivity contribution in [1.82, 2.24) is 10.3 Å². The highest BCUT2D eigenvalue weighted by Crippen LogP contribution is 2.35. The van der Waals surface area contributed by atoms with E-state index in [0.717, 1.165) is 0 Å². The van der Waals surface area contributed by atoms with Crippen LogP contribution < -0.4 is 14.8 Å². The molecule has 14 heteroatoms. The van der Waals surface area contributed by atoms with Crippen LogP contribution in [0.15, 0.2) is 53.6 Å². The number of amidine groups is 1. The van der Waals surface area contributed by atoms with Gasteiger partial charge in [0.2, 0.25) is 0 Å². The highest BCUT2D eigenvalue weighted by molar-refractivity contribution is 6.12. The van der Waals surface area contributed by atoms with Crippen LogP contribution >= 0.6 is 0 Å². The number of alkyl halides is 3. The summed E-state index contributed by atoms with van der Waals surface area (Å²) >= 11 is 0. The normalized spacial score (nSPS) is 20.3. The van der Waals surface area contributed by atoms with Crippen molar-refractivity contribution in [2.24, 2.45) is 5.10 Å². The number of fused-ring (bicyclic) bond motifs is 1. The number of benzene rings is 2. The lowest BCUT2D eigenvalue weighted by Gasteiger charge is -2.32. The van der Waals surface area contributed by atoms with Crippen LogP contribution in [0.1, 0.15) is 17.2 Å². The molecule has 2 aliphatic rings. The molecule has 0 saturated carbocycles. The lowest BCUT2D eigenvalue weighted by Crippen LogP contribution is -2.52. The molecule has 4 rings (SSSR count). The molecule has 41 heavy (non-hydrogen) atoms. The molecule has 2 heterocycles. The van der Waals surface area contributed by atoms with Crippen molar-refractivity contribution in [3.8, 4) is 11.5 Å². The van der Waals surface area contributed by atoms with Gasteiger partial charge in [0, 0.05) is 5.56 Å². The van der Waals surface area contributed by atoms with Gasteiger partial charge in [-0.1, -0.05) is 36.4 Å². The molecule has 2 aliphatic heterocycles. The summed E-state index contributed by atoms with van der Waals surface area (Å²) in [4.78, 5) is 25.6. The molecule has 1 unspecified atom stereocenters. The van der Waals surface area contributed by atoms with Crippen molar-refractivity contribution in [3.63, 3.8) is 0 Å². The van der Waals surface area contributed by atoms with E-state index in [0.29, 0.717) is 45.2 Å². The van der Waals surface area contributed by atoms with E-state index < -0.39 is 24.0 Å². The number of nitrogens with zero attached hydrogens (tertiary/aromatic N) is 2. The van der Waals surface area contributed by atoms with E-state index in [2.05, 4.69) is 10.4 Å². The Morgan fingerprint density at radius 2 is 1.32 bits per heavy atom. The quantitative estimate of drug-likeness (QED) is 0.575. The fourth-order valence-electron chi connectivity index (χ4n) is 3.91. The van der Waals surface area contributed by atoms with Gasteiger partial charge in [0.15, 0.2) is 23.4 Å². The van der Waals surface area contributed by atoms with Gasteiger partial charge in [-0.2, -0.15) is 18.3 Å². The van der Waals surface area contributed by atoms with E-state index in [4.69, 9.17) is 28.4 Å². The maximum Gasteiger partial charge on any atom is 0.473 e. The van der Waals surface area contributed by atoms with Gasteiger partial charge in [0.25, 0.3) is 5.91 Å². The summed E-state index contributed by atoms with van der Waals surface area (Å²) < 4.78 is 74.1. The number of rotatable bonds is 2. The summed E-state index contributed by atoms with van der Waals surface area (Å²) in [5.74, 6) is -2.96. The van der Waals surface area contributed by atoms with Crippen molar-refractivity contribution in [1.29, 1.82) is 0 Å². The zero-order chi connectivity index (χ0) is 29.1. The Morgan fingerprint density at radius 3 is 1.88 bits per heavy atom. The second-order valence-electron chi connectivity index (χ2n) is 8.71. The molecule has 2 aromatic rings. The van der Waals surface area contributed by atoms with Crippen LogP contribution in [-0.4, -0.2) is 94.9 Å². The standard InChI is InChI=1S/C27H30F3N3O8/c28-27(29,30)26(35)33-23(25(34)31-24(32-33)19-4-2-1-3-5-19)20-6-7-21-22(18-20)41-17-15-39-13-11-37-9-8-36-10-12-38-14-16-40-21/h1-7,18,23H,8-17H2,(H,31,32,34). The van der Waals surface area contributed by atoms with Crippen molar-refractivity contribution >= 4 is 17.6 Å². The zero-order valence-electron chi connectivity index (χ0n) is 22.1. The number of nitrogens with one attached hydrogen (secondary N) is 1. The third kappa shape index (κ3) is 8.63. The van der Waals surface area contributed by atoms with Crippen LogP contribution in [0.5, 0.6) is 11.5 Å². The molecule has 0 saturated heterocycles. The van der Waals surface area contributed by atoms with E-state index in [-0.39, 0.29) is 54.3 Å². The fraction of sp³-hybridized carbons (Fsp3) is 0.444. The summed E-state index contributed by atoms with van der Waals surface area (Å²) in [6, 6.07) is 10.5. The molecule has 222 valence electrons. The number of hydrogen-bond donors (Lipinski definition) is 1. The minimum absolute atomic E-state index is 0.0307. The first-order valence-electron chi connectivity index (χ1n) is 12.9. The predicted molar refractivity (Wildman–Crippen MR) is 137 cm³/mol. The predicted octanol–water partition coefficient (Wildman–Crippen LogP) is 2.45. The molecule has 1 atom stereocenters. The lowest BCUT2D eigenvalue weighted by molar-refractivity contribution is -0.189. The van der Waals surface area contributed by atoms with E-state index in [1.807, 2.05) is 0 Å². The average Bonchev–Trinajstić information content (AvgIpc) is 2.96. The maximum atomic E-state index is 13.6. The first kappa shape index (κ1) is 30.2. The zero-order valence-corrected chi connectivity index (χ0v) is 22.1. The van der Waals surface area contributed by atoms with Gasteiger partial charge in [-0.3, -0.25) is 9.59 Å². The lowest BCUT2D eigenvalue weighted by atomic mass is 10.0. The van der Waals surface area contributed by atoms with Crippen LogP contribution in [0.4, 0.5) is 13.2 Å². The van der Waals surface area contributed by atoms with E-state index in [1.54, 1.807) is 30.3 Å². The van der Waals surface area contributed by atoms with Gasteiger partial charge >= 0.3 is 12.1 Å². The minimum Gasteiger partial charge on any atom is -0.487 e. The van der Waals surface area contributed by atoms with E-state index >= 15 is 0 Å². The molecular weight excluding hydrogens is 551 g/mol. The molecule has 0 fully saturated rings. The molecule has 0 radical (unpaired) electrons. The Balaban J connectivity index is 1.60. The summed E-state index contributed by atoms with van der Waals surface area (Å²) in [5, 5.41) is 6.54. The van der Waals surface area contributed by atoms with Gasteiger partial charge in [-0.05, 0) is 17.7 Å². The Kier molecular flexibility index (Phi) is 10.9. The number of ether oxygens (including phenoxy) is 6. The first-order chi connectivity index (χ1) is 19.8. The monoisotopic (exact) mass is 581 g/mol. The summed E-state index contributed by atoms with van der Waals surface area (Å²) in [5.41, 5.74) is 0.361. The van der Waals surface area contributed by atoms with Crippen LogP contribution in [-0.2, 0) is 28.5 Å². The Hall–Kier alpha value is -3.72. The SMILES string of the molecule is O=C1NC(c2ccccc2)=NN(C(=O)C(F)(F)F)C1c1ccc2c(c1)OCCOCCOCCOCCOCCO2. The first-order valence-corrected chi connectivity index (χ1v) is 12.9. The third-order valence-electron chi connectivity index (χ3n) is 5.81. The summed E-state index contributed by atoms with van der Waals surface area (Å²) in [6.07, 6.45) is -5.28. The molecule has 1 N–H and O–H groups in total. The van der Waals surface area contributed by atoms with Crippen molar-refractivity contribution in [2.75, 3.05) is 66.1 Å². The second kappa shape index (κ2) is 14.8. The number of amides is 2. The highest BCUT2D eigenvalue weighted by Gasteiger charge is 2.49. The second-order valence-corrected chi connectivity index (χ2v) is 8.71. The van der Waals surface area contributed by atoms with Crippen LogP contribution in [0.25, 0.3) is 0 Å². The maximum absolute atomic E-state index is 13.6. The number of halogens is 3. The molecule has 0 aromatic heterocycles.